The van der Waals surface area contributed by atoms with Crippen molar-refractivity contribution in [2.75, 3.05) is 11.9 Å². The molecule has 116 valence electrons. The lowest BCUT2D eigenvalue weighted by atomic mass is 10.1. The van der Waals surface area contributed by atoms with E-state index in [4.69, 9.17) is 5.14 Å². The van der Waals surface area contributed by atoms with Gasteiger partial charge in [-0.05, 0) is 36.2 Å². The van der Waals surface area contributed by atoms with E-state index in [0.717, 1.165) is 5.56 Å². The van der Waals surface area contributed by atoms with Gasteiger partial charge in [0.25, 0.3) is 0 Å². The molecule has 0 saturated heterocycles. The molecular weight excluding hydrogens is 304 g/mol. The summed E-state index contributed by atoms with van der Waals surface area (Å²) in [6.07, 6.45) is 2.16. The standard InChI is InChI=1S/C14H16N4O3S/c15-22(20,21)12-6-4-11(5-7-12)8-10-17-14(19)18-13-3-1-2-9-16-13/h1-7,9H,8,10H2,(H2,15,20,21)(H2,16,17,18,19). The third-order valence-electron chi connectivity index (χ3n) is 2.86. The lowest BCUT2D eigenvalue weighted by Crippen LogP contribution is -2.30. The summed E-state index contributed by atoms with van der Waals surface area (Å²) < 4.78 is 22.3. The van der Waals surface area contributed by atoms with Crippen LogP contribution in [0, 0.1) is 0 Å². The molecule has 2 aromatic rings. The molecule has 4 N–H and O–H groups in total. The minimum absolute atomic E-state index is 0.0668. The number of aromatic nitrogens is 1. The molecule has 0 fully saturated rings. The normalized spacial score (nSPS) is 11.0. The molecule has 7 nitrogen and oxygen atoms in total. The Morgan fingerprint density at radius 1 is 1.14 bits per heavy atom. The number of benzene rings is 1. The van der Waals surface area contributed by atoms with E-state index < -0.39 is 10.0 Å². The molecule has 22 heavy (non-hydrogen) atoms. The van der Waals surface area contributed by atoms with E-state index in [9.17, 15) is 13.2 Å². The van der Waals surface area contributed by atoms with Crippen molar-refractivity contribution in [1.29, 1.82) is 0 Å². The first-order chi connectivity index (χ1) is 10.4. The summed E-state index contributed by atoms with van der Waals surface area (Å²) >= 11 is 0. The Labute approximate surface area is 128 Å². The maximum Gasteiger partial charge on any atom is 0.320 e. The predicted octanol–water partition coefficient (Wildman–Crippen LogP) is 1.09. The van der Waals surface area contributed by atoms with Crippen molar-refractivity contribution in [3.8, 4) is 0 Å². The van der Waals surface area contributed by atoms with Crippen molar-refractivity contribution in [1.82, 2.24) is 10.3 Å². The molecule has 1 aromatic heterocycles. The van der Waals surface area contributed by atoms with E-state index in [2.05, 4.69) is 15.6 Å². The number of pyridine rings is 1. The molecule has 1 aromatic carbocycles. The highest BCUT2D eigenvalue weighted by Crippen LogP contribution is 2.09. The van der Waals surface area contributed by atoms with Gasteiger partial charge in [-0.1, -0.05) is 18.2 Å². The molecule has 0 aliphatic heterocycles. The number of hydrogen-bond acceptors (Lipinski definition) is 4. The fourth-order valence-corrected chi connectivity index (χ4v) is 2.28. The quantitative estimate of drug-likeness (QED) is 0.765. The van der Waals surface area contributed by atoms with E-state index in [-0.39, 0.29) is 10.9 Å². The summed E-state index contributed by atoms with van der Waals surface area (Å²) in [5, 5.41) is 10.3. The molecule has 0 unspecified atom stereocenters. The van der Waals surface area contributed by atoms with Crippen molar-refractivity contribution >= 4 is 21.9 Å². The van der Waals surface area contributed by atoms with Gasteiger partial charge in [0, 0.05) is 12.7 Å². The number of sulfonamides is 1. The Morgan fingerprint density at radius 3 is 2.45 bits per heavy atom. The van der Waals surface area contributed by atoms with Crippen LogP contribution >= 0.6 is 0 Å². The molecule has 1 heterocycles. The molecule has 2 rings (SSSR count). The number of anilines is 1. The number of carbonyl (C=O) groups excluding carboxylic acids is 1. The Hall–Kier alpha value is -2.45. The Bertz CT molecular complexity index is 730. The average Bonchev–Trinajstić information content (AvgIpc) is 2.48. The number of hydrogen-bond donors (Lipinski definition) is 3. The molecule has 0 radical (unpaired) electrons. The molecule has 0 spiro atoms. The minimum atomic E-state index is -3.67. The van der Waals surface area contributed by atoms with E-state index in [1.54, 1.807) is 36.5 Å². The van der Waals surface area contributed by atoms with Crippen LogP contribution in [0.2, 0.25) is 0 Å². The van der Waals surface area contributed by atoms with E-state index in [0.29, 0.717) is 18.8 Å². The van der Waals surface area contributed by atoms with Crippen LogP contribution < -0.4 is 15.8 Å². The van der Waals surface area contributed by atoms with Gasteiger partial charge in [-0.3, -0.25) is 5.32 Å². The zero-order valence-corrected chi connectivity index (χ0v) is 12.5. The molecular formula is C14H16N4O3S. The monoisotopic (exact) mass is 320 g/mol. The van der Waals surface area contributed by atoms with E-state index >= 15 is 0 Å². The molecule has 0 saturated carbocycles. The van der Waals surface area contributed by atoms with Crippen molar-refractivity contribution < 1.29 is 13.2 Å². The lowest BCUT2D eigenvalue weighted by Gasteiger charge is -2.07. The van der Waals surface area contributed by atoms with Crippen LogP contribution in [0.4, 0.5) is 10.6 Å². The summed E-state index contributed by atoms with van der Waals surface area (Å²) in [5.41, 5.74) is 0.894. The van der Waals surface area contributed by atoms with Crippen molar-refractivity contribution in [2.45, 2.75) is 11.3 Å². The summed E-state index contributed by atoms with van der Waals surface area (Å²) in [5.74, 6) is 0.470. The van der Waals surface area contributed by atoms with Crippen LogP contribution in [0.3, 0.4) is 0 Å². The van der Waals surface area contributed by atoms with Crippen molar-refractivity contribution in [2.24, 2.45) is 5.14 Å². The van der Waals surface area contributed by atoms with E-state index in [1.165, 1.54) is 12.1 Å². The highest BCUT2D eigenvalue weighted by atomic mass is 32.2. The van der Waals surface area contributed by atoms with Gasteiger partial charge in [-0.25, -0.2) is 23.3 Å². The van der Waals surface area contributed by atoms with Gasteiger partial charge < -0.3 is 5.32 Å². The van der Waals surface area contributed by atoms with Gasteiger partial charge in [0.2, 0.25) is 10.0 Å². The highest BCUT2D eigenvalue weighted by Gasteiger charge is 2.07. The fraction of sp³-hybridized carbons (Fsp3) is 0.143. The molecule has 0 bridgehead atoms. The largest absolute Gasteiger partial charge is 0.337 e. The first-order valence-corrected chi connectivity index (χ1v) is 8.07. The van der Waals surface area contributed by atoms with Gasteiger partial charge in [0.05, 0.1) is 4.90 Å². The summed E-state index contributed by atoms with van der Waals surface area (Å²) in [7, 11) is -3.67. The Kier molecular flexibility index (Phi) is 5.08. The number of nitrogens with zero attached hydrogens (tertiary/aromatic N) is 1. The Morgan fingerprint density at radius 2 is 1.86 bits per heavy atom. The van der Waals surface area contributed by atoms with Crippen LogP contribution in [-0.2, 0) is 16.4 Å². The predicted molar refractivity (Wildman–Crippen MR) is 82.8 cm³/mol. The Balaban J connectivity index is 1.80. The number of nitrogens with two attached hydrogens (primary N) is 1. The molecule has 0 aliphatic carbocycles. The molecule has 0 aliphatic rings. The third kappa shape index (κ3) is 4.83. The fourth-order valence-electron chi connectivity index (χ4n) is 1.76. The third-order valence-corrected chi connectivity index (χ3v) is 3.79. The van der Waals surface area contributed by atoms with Gasteiger partial charge >= 0.3 is 6.03 Å². The van der Waals surface area contributed by atoms with Crippen LogP contribution in [0.25, 0.3) is 0 Å². The van der Waals surface area contributed by atoms with E-state index in [1.807, 2.05) is 0 Å². The second kappa shape index (κ2) is 7.01. The first kappa shape index (κ1) is 15.9. The SMILES string of the molecule is NS(=O)(=O)c1ccc(CCNC(=O)Nc2ccccn2)cc1. The second-order valence-electron chi connectivity index (χ2n) is 4.53. The average molecular weight is 320 g/mol. The van der Waals surface area contributed by atoms with Crippen LogP contribution in [0.5, 0.6) is 0 Å². The van der Waals surface area contributed by atoms with Crippen LogP contribution in [0.15, 0.2) is 53.6 Å². The number of primary sulfonamides is 1. The first-order valence-electron chi connectivity index (χ1n) is 6.53. The van der Waals surface area contributed by atoms with Gasteiger partial charge in [0.1, 0.15) is 5.82 Å². The summed E-state index contributed by atoms with van der Waals surface area (Å²) in [6.45, 7) is 0.410. The van der Waals surface area contributed by atoms with Gasteiger partial charge in [0.15, 0.2) is 0 Å². The van der Waals surface area contributed by atoms with Crippen LogP contribution in [-0.4, -0.2) is 26.0 Å². The van der Waals surface area contributed by atoms with Gasteiger partial charge in [-0.2, -0.15) is 0 Å². The number of carbonyl (C=O) groups is 1. The van der Waals surface area contributed by atoms with Crippen molar-refractivity contribution in [3.63, 3.8) is 0 Å². The maximum absolute atomic E-state index is 11.6. The summed E-state index contributed by atoms with van der Waals surface area (Å²) in [4.78, 5) is 15.7. The summed E-state index contributed by atoms with van der Waals surface area (Å²) in [6, 6.07) is 11.1. The molecule has 2 amide bonds. The van der Waals surface area contributed by atoms with Gasteiger partial charge in [-0.15, -0.1) is 0 Å². The zero-order valence-electron chi connectivity index (χ0n) is 11.7. The highest BCUT2D eigenvalue weighted by molar-refractivity contribution is 7.89. The lowest BCUT2D eigenvalue weighted by molar-refractivity contribution is 0.252. The number of urea groups is 1. The van der Waals surface area contributed by atoms with Crippen molar-refractivity contribution in [3.05, 3.63) is 54.2 Å². The smallest absolute Gasteiger partial charge is 0.320 e. The minimum Gasteiger partial charge on any atom is -0.337 e. The number of nitrogens with one attached hydrogen (secondary N) is 2. The van der Waals surface area contributed by atoms with Crippen LogP contribution in [0.1, 0.15) is 5.56 Å². The molecule has 0 atom stereocenters. The zero-order chi connectivity index (χ0) is 16.0. The topological polar surface area (TPSA) is 114 Å². The number of rotatable bonds is 5. The number of amides is 2. The molecule has 8 heteroatoms. The second-order valence-corrected chi connectivity index (χ2v) is 6.10. The maximum atomic E-state index is 11.6.